The quantitative estimate of drug-likeness (QED) is 0.856. The summed E-state index contributed by atoms with van der Waals surface area (Å²) in [6, 6.07) is 8.96. The van der Waals surface area contributed by atoms with Gasteiger partial charge >= 0.3 is 6.01 Å². The number of aliphatic hydroxyl groups is 2. The number of aromatic nitrogens is 2. The molecule has 1 heterocycles. The van der Waals surface area contributed by atoms with E-state index in [1.807, 2.05) is 6.07 Å². The number of aliphatic hydroxyl groups excluding tert-OH is 2. The van der Waals surface area contributed by atoms with Crippen LogP contribution in [0.25, 0.3) is 0 Å². The molecule has 0 saturated carbocycles. The van der Waals surface area contributed by atoms with E-state index in [0.717, 1.165) is 0 Å². The lowest BCUT2D eigenvalue weighted by Gasteiger charge is -2.09. The first-order valence-corrected chi connectivity index (χ1v) is 5.55. The van der Waals surface area contributed by atoms with Gasteiger partial charge in [-0.3, -0.25) is 0 Å². The standard InChI is InChI=1S/C13H14N2O3/c1-9-6-11(8-17)15-13(14-9)18-12-5-3-2-4-10(12)7-16/h2-6,16-17H,7-8H2,1H3. The number of rotatable bonds is 4. The lowest BCUT2D eigenvalue weighted by molar-refractivity contribution is 0.270. The van der Waals surface area contributed by atoms with Crippen molar-refractivity contribution in [3.8, 4) is 11.8 Å². The molecule has 0 atom stereocenters. The van der Waals surface area contributed by atoms with E-state index in [-0.39, 0.29) is 19.2 Å². The second kappa shape index (κ2) is 5.57. The second-order valence-electron chi connectivity index (χ2n) is 3.81. The first-order valence-electron chi connectivity index (χ1n) is 5.55. The van der Waals surface area contributed by atoms with E-state index in [9.17, 15) is 5.11 Å². The van der Waals surface area contributed by atoms with Crippen LogP contribution < -0.4 is 4.74 Å². The Labute approximate surface area is 105 Å². The van der Waals surface area contributed by atoms with E-state index in [0.29, 0.717) is 22.7 Å². The van der Waals surface area contributed by atoms with Gasteiger partial charge in [-0.2, -0.15) is 4.98 Å². The Bertz CT molecular complexity index is 544. The minimum absolute atomic E-state index is 0.116. The van der Waals surface area contributed by atoms with Gasteiger partial charge in [0.05, 0.1) is 18.9 Å². The normalized spacial score (nSPS) is 10.4. The number of benzene rings is 1. The van der Waals surface area contributed by atoms with Crippen LogP contribution in [0.1, 0.15) is 17.0 Å². The number of hydrogen-bond acceptors (Lipinski definition) is 5. The molecule has 5 nitrogen and oxygen atoms in total. The summed E-state index contributed by atoms with van der Waals surface area (Å²) in [6.07, 6.45) is 0. The first kappa shape index (κ1) is 12.5. The fourth-order valence-corrected chi connectivity index (χ4v) is 1.56. The molecule has 0 saturated heterocycles. The summed E-state index contributed by atoms with van der Waals surface area (Å²) in [6.45, 7) is 1.52. The monoisotopic (exact) mass is 246 g/mol. The molecule has 18 heavy (non-hydrogen) atoms. The van der Waals surface area contributed by atoms with Gasteiger partial charge < -0.3 is 14.9 Å². The predicted octanol–water partition coefficient (Wildman–Crippen LogP) is 1.56. The van der Waals surface area contributed by atoms with Crippen molar-refractivity contribution >= 4 is 0 Å². The van der Waals surface area contributed by atoms with E-state index in [2.05, 4.69) is 9.97 Å². The average Bonchev–Trinajstić information content (AvgIpc) is 2.38. The number of hydrogen-bond donors (Lipinski definition) is 2. The summed E-state index contributed by atoms with van der Waals surface area (Å²) < 4.78 is 5.53. The third kappa shape index (κ3) is 2.82. The molecule has 0 unspecified atom stereocenters. The van der Waals surface area contributed by atoms with Gasteiger partial charge in [0.25, 0.3) is 0 Å². The van der Waals surface area contributed by atoms with Gasteiger partial charge in [-0.25, -0.2) is 4.98 Å². The summed E-state index contributed by atoms with van der Waals surface area (Å²) in [5.74, 6) is 0.509. The highest BCUT2D eigenvalue weighted by Crippen LogP contribution is 2.23. The third-order valence-corrected chi connectivity index (χ3v) is 2.39. The van der Waals surface area contributed by atoms with Crippen LogP contribution in [-0.4, -0.2) is 20.2 Å². The molecule has 0 aliphatic heterocycles. The number of ether oxygens (including phenoxy) is 1. The van der Waals surface area contributed by atoms with Gasteiger partial charge in [0.15, 0.2) is 0 Å². The van der Waals surface area contributed by atoms with Crippen molar-refractivity contribution in [1.82, 2.24) is 9.97 Å². The molecule has 2 aromatic rings. The van der Waals surface area contributed by atoms with Crippen molar-refractivity contribution in [2.24, 2.45) is 0 Å². The van der Waals surface area contributed by atoms with E-state index >= 15 is 0 Å². The molecule has 2 rings (SSSR count). The van der Waals surface area contributed by atoms with Crippen LogP contribution in [0, 0.1) is 6.92 Å². The zero-order valence-corrected chi connectivity index (χ0v) is 10.00. The highest BCUT2D eigenvalue weighted by molar-refractivity contribution is 5.34. The maximum Gasteiger partial charge on any atom is 0.322 e. The molecule has 5 heteroatoms. The van der Waals surface area contributed by atoms with Crippen LogP contribution in [0.3, 0.4) is 0 Å². The Balaban J connectivity index is 2.30. The fraction of sp³-hybridized carbons (Fsp3) is 0.231. The Morgan fingerprint density at radius 3 is 2.61 bits per heavy atom. The average molecular weight is 246 g/mol. The molecule has 1 aromatic carbocycles. The molecule has 0 spiro atoms. The summed E-state index contributed by atoms with van der Waals surface area (Å²) >= 11 is 0. The van der Waals surface area contributed by atoms with Crippen LogP contribution >= 0.6 is 0 Å². The van der Waals surface area contributed by atoms with Gasteiger partial charge in [0.1, 0.15) is 5.75 Å². The fourth-order valence-electron chi connectivity index (χ4n) is 1.56. The molecule has 94 valence electrons. The summed E-state index contributed by atoms with van der Waals surface area (Å²) in [5.41, 5.74) is 1.87. The summed E-state index contributed by atoms with van der Waals surface area (Å²) in [4.78, 5) is 8.18. The molecule has 0 amide bonds. The lowest BCUT2D eigenvalue weighted by atomic mass is 10.2. The van der Waals surface area contributed by atoms with Crippen molar-refractivity contribution in [3.05, 3.63) is 47.3 Å². The molecular weight excluding hydrogens is 232 g/mol. The zero-order valence-electron chi connectivity index (χ0n) is 10.00. The Kier molecular flexibility index (Phi) is 3.86. The van der Waals surface area contributed by atoms with Gasteiger partial charge in [-0.1, -0.05) is 18.2 Å². The lowest BCUT2D eigenvalue weighted by Crippen LogP contribution is -2.00. The van der Waals surface area contributed by atoms with Crippen LogP contribution in [0.5, 0.6) is 11.8 Å². The van der Waals surface area contributed by atoms with Crippen LogP contribution in [-0.2, 0) is 13.2 Å². The van der Waals surface area contributed by atoms with Crippen LogP contribution in [0.15, 0.2) is 30.3 Å². The van der Waals surface area contributed by atoms with E-state index in [4.69, 9.17) is 9.84 Å². The maximum absolute atomic E-state index is 9.19. The molecule has 2 N–H and O–H groups in total. The van der Waals surface area contributed by atoms with Crippen molar-refractivity contribution in [2.75, 3.05) is 0 Å². The Morgan fingerprint density at radius 2 is 1.89 bits per heavy atom. The minimum atomic E-state index is -0.165. The minimum Gasteiger partial charge on any atom is -0.424 e. The zero-order chi connectivity index (χ0) is 13.0. The van der Waals surface area contributed by atoms with Crippen LogP contribution in [0.2, 0.25) is 0 Å². The SMILES string of the molecule is Cc1cc(CO)nc(Oc2ccccc2CO)n1. The topological polar surface area (TPSA) is 75.5 Å². The molecule has 0 aliphatic rings. The van der Waals surface area contributed by atoms with Gasteiger partial charge in [0, 0.05) is 11.3 Å². The van der Waals surface area contributed by atoms with Crippen LogP contribution in [0.4, 0.5) is 0 Å². The molecule has 0 aliphatic carbocycles. The number of aryl methyl sites for hydroxylation is 1. The maximum atomic E-state index is 9.19. The third-order valence-electron chi connectivity index (χ3n) is 2.39. The smallest absolute Gasteiger partial charge is 0.322 e. The summed E-state index contributed by atoms with van der Waals surface area (Å²) in [7, 11) is 0. The molecule has 0 radical (unpaired) electrons. The van der Waals surface area contributed by atoms with Crippen molar-refractivity contribution in [2.45, 2.75) is 20.1 Å². The molecule has 0 fully saturated rings. The Hall–Kier alpha value is -1.98. The Morgan fingerprint density at radius 1 is 1.11 bits per heavy atom. The largest absolute Gasteiger partial charge is 0.424 e. The number of para-hydroxylation sites is 1. The van der Waals surface area contributed by atoms with Gasteiger partial charge in [0.2, 0.25) is 0 Å². The van der Waals surface area contributed by atoms with Crippen molar-refractivity contribution < 1.29 is 14.9 Å². The first-order chi connectivity index (χ1) is 8.72. The van der Waals surface area contributed by atoms with Gasteiger partial charge in [-0.15, -0.1) is 0 Å². The predicted molar refractivity (Wildman–Crippen MR) is 65.1 cm³/mol. The van der Waals surface area contributed by atoms with E-state index in [1.54, 1.807) is 31.2 Å². The van der Waals surface area contributed by atoms with Crippen molar-refractivity contribution in [1.29, 1.82) is 0 Å². The van der Waals surface area contributed by atoms with E-state index in [1.165, 1.54) is 0 Å². The molecule has 1 aromatic heterocycles. The summed E-state index contributed by atoms with van der Waals surface area (Å²) in [5, 5.41) is 18.3. The number of nitrogens with zero attached hydrogens (tertiary/aromatic N) is 2. The van der Waals surface area contributed by atoms with E-state index < -0.39 is 0 Å². The molecular formula is C13H14N2O3. The highest BCUT2D eigenvalue weighted by atomic mass is 16.5. The second-order valence-corrected chi connectivity index (χ2v) is 3.81. The van der Waals surface area contributed by atoms with Gasteiger partial charge in [-0.05, 0) is 19.1 Å². The van der Waals surface area contributed by atoms with Crippen molar-refractivity contribution in [3.63, 3.8) is 0 Å². The highest BCUT2D eigenvalue weighted by Gasteiger charge is 2.07. The molecule has 0 bridgehead atoms.